The van der Waals surface area contributed by atoms with Crippen LogP contribution in [0.1, 0.15) is 5.56 Å². The fraction of sp³-hybridized carbons (Fsp3) is 0. The summed E-state index contributed by atoms with van der Waals surface area (Å²) >= 11 is 5.57. The van der Waals surface area contributed by atoms with E-state index in [4.69, 9.17) is 16.9 Å². The maximum absolute atomic E-state index is 13.3. The van der Waals surface area contributed by atoms with Crippen LogP contribution in [-0.4, -0.2) is 4.92 Å². The molecule has 1 N–H and O–H groups in total. The maximum Gasteiger partial charge on any atom is 0.287 e. The van der Waals surface area contributed by atoms with Crippen molar-refractivity contribution in [3.8, 4) is 6.07 Å². The van der Waals surface area contributed by atoms with Gasteiger partial charge in [-0.05, 0) is 30.3 Å². The molecule has 0 radical (unpaired) electrons. The van der Waals surface area contributed by atoms with E-state index in [1.165, 1.54) is 30.3 Å². The average Bonchev–Trinajstić information content (AvgIpc) is 2.42. The molecule has 0 unspecified atom stereocenters. The number of rotatable bonds is 3. The number of nitrogens with one attached hydrogen (secondary N) is 1. The molecule has 2 rings (SSSR count). The number of nitrogens with zero attached hydrogens (tertiary/aromatic N) is 2. The summed E-state index contributed by atoms with van der Waals surface area (Å²) in [6, 6.07) is 9.85. The second-order valence-corrected chi connectivity index (χ2v) is 4.26. The SMILES string of the molecule is N#Cc1cc(Nc2ccc(Cl)c(F)c2)ccc1[N+](=O)[O-]. The van der Waals surface area contributed by atoms with Gasteiger partial charge in [0.2, 0.25) is 0 Å². The Morgan fingerprint density at radius 1 is 1.25 bits per heavy atom. The van der Waals surface area contributed by atoms with E-state index < -0.39 is 10.7 Å². The Kier molecular flexibility index (Phi) is 3.82. The molecule has 0 heterocycles. The van der Waals surface area contributed by atoms with Crippen molar-refractivity contribution in [1.29, 1.82) is 5.26 Å². The number of halogens is 2. The largest absolute Gasteiger partial charge is 0.355 e. The number of benzene rings is 2. The highest BCUT2D eigenvalue weighted by Crippen LogP contribution is 2.26. The maximum atomic E-state index is 13.3. The van der Waals surface area contributed by atoms with E-state index in [0.29, 0.717) is 11.4 Å². The molecule has 0 saturated carbocycles. The lowest BCUT2D eigenvalue weighted by molar-refractivity contribution is -0.385. The minimum atomic E-state index is -0.635. The molecule has 0 atom stereocenters. The van der Waals surface area contributed by atoms with Crippen LogP contribution in [0.5, 0.6) is 0 Å². The van der Waals surface area contributed by atoms with Crippen molar-refractivity contribution < 1.29 is 9.31 Å². The molecule has 0 aromatic heterocycles. The van der Waals surface area contributed by atoms with Crippen molar-refractivity contribution in [1.82, 2.24) is 0 Å². The van der Waals surface area contributed by atoms with Crippen LogP contribution in [0, 0.1) is 27.3 Å². The van der Waals surface area contributed by atoms with Crippen LogP contribution in [0.15, 0.2) is 36.4 Å². The van der Waals surface area contributed by atoms with E-state index >= 15 is 0 Å². The molecular formula is C13H7ClFN3O2. The van der Waals surface area contributed by atoms with Crippen molar-refractivity contribution in [2.75, 3.05) is 5.32 Å². The third-order valence-electron chi connectivity index (χ3n) is 2.52. The smallest absolute Gasteiger partial charge is 0.287 e. The summed E-state index contributed by atoms with van der Waals surface area (Å²) in [5, 5.41) is 22.4. The zero-order chi connectivity index (χ0) is 14.7. The summed E-state index contributed by atoms with van der Waals surface area (Å²) in [6.07, 6.45) is 0. The number of anilines is 2. The highest BCUT2D eigenvalue weighted by molar-refractivity contribution is 6.30. The van der Waals surface area contributed by atoms with Gasteiger partial charge >= 0.3 is 0 Å². The van der Waals surface area contributed by atoms with Gasteiger partial charge in [-0.25, -0.2) is 4.39 Å². The predicted octanol–water partition coefficient (Wildman–Crippen LogP) is 4.00. The third kappa shape index (κ3) is 2.84. The summed E-state index contributed by atoms with van der Waals surface area (Å²) in [4.78, 5) is 10.1. The summed E-state index contributed by atoms with van der Waals surface area (Å²) in [5.41, 5.74) is 0.508. The summed E-state index contributed by atoms with van der Waals surface area (Å²) < 4.78 is 13.3. The van der Waals surface area contributed by atoms with Crippen LogP contribution in [0.3, 0.4) is 0 Å². The van der Waals surface area contributed by atoms with Gasteiger partial charge in [0.15, 0.2) is 0 Å². The molecule has 0 saturated heterocycles. The Morgan fingerprint density at radius 3 is 2.50 bits per heavy atom. The Hall–Kier alpha value is -2.65. The van der Waals surface area contributed by atoms with Gasteiger partial charge in [0, 0.05) is 17.4 Å². The summed E-state index contributed by atoms with van der Waals surface area (Å²) in [5.74, 6) is -0.584. The van der Waals surface area contributed by atoms with Crippen molar-refractivity contribution in [3.05, 3.63) is 62.9 Å². The van der Waals surface area contributed by atoms with Gasteiger partial charge in [-0.3, -0.25) is 10.1 Å². The van der Waals surface area contributed by atoms with Crippen molar-refractivity contribution in [3.63, 3.8) is 0 Å². The van der Waals surface area contributed by atoms with Crippen LogP contribution in [0.25, 0.3) is 0 Å². The first-order chi connectivity index (χ1) is 9.51. The number of nitro benzene ring substituents is 1. The quantitative estimate of drug-likeness (QED) is 0.684. The predicted molar refractivity (Wildman–Crippen MR) is 72.5 cm³/mol. The van der Waals surface area contributed by atoms with Gasteiger partial charge < -0.3 is 5.32 Å². The van der Waals surface area contributed by atoms with Gasteiger partial charge in [-0.1, -0.05) is 11.6 Å². The van der Waals surface area contributed by atoms with E-state index in [0.717, 1.165) is 0 Å². The Balaban J connectivity index is 2.32. The Bertz CT molecular complexity index is 728. The summed E-state index contributed by atoms with van der Waals surface area (Å²) in [6.45, 7) is 0. The molecule has 2 aromatic rings. The van der Waals surface area contributed by atoms with E-state index in [9.17, 15) is 14.5 Å². The monoisotopic (exact) mass is 291 g/mol. The van der Waals surface area contributed by atoms with E-state index in [1.54, 1.807) is 12.1 Å². The van der Waals surface area contributed by atoms with Crippen LogP contribution >= 0.6 is 11.6 Å². The number of nitriles is 1. The minimum absolute atomic E-state index is 0.00281. The Labute approximate surface area is 118 Å². The van der Waals surface area contributed by atoms with Gasteiger partial charge in [0.1, 0.15) is 17.4 Å². The first kappa shape index (κ1) is 13.8. The molecule has 0 aliphatic heterocycles. The molecule has 0 aliphatic carbocycles. The fourth-order valence-electron chi connectivity index (χ4n) is 1.60. The van der Waals surface area contributed by atoms with E-state index in [-0.39, 0.29) is 16.3 Å². The molecule has 5 nitrogen and oxygen atoms in total. The van der Waals surface area contributed by atoms with Gasteiger partial charge in [0.05, 0.1) is 9.95 Å². The third-order valence-corrected chi connectivity index (χ3v) is 2.83. The van der Waals surface area contributed by atoms with Crippen LogP contribution in [0.2, 0.25) is 5.02 Å². The molecule has 7 heteroatoms. The molecule has 0 amide bonds. The molecule has 20 heavy (non-hydrogen) atoms. The molecule has 100 valence electrons. The van der Waals surface area contributed by atoms with Crippen molar-refractivity contribution in [2.24, 2.45) is 0 Å². The van der Waals surface area contributed by atoms with Crippen LogP contribution in [0.4, 0.5) is 21.5 Å². The van der Waals surface area contributed by atoms with Crippen molar-refractivity contribution in [2.45, 2.75) is 0 Å². The highest BCUT2D eigenvalue weighted by Gasteiger charge is 2.13. The fourth-order valence-corrected chi connectivity index (χ4v) is 1.72. The normalized spacial score (nSPS) is 9.85. The molecule has 0 bridgehead atoms. The van der Waals surface area contributed by atoms with Gasteiger partial charge in [-0.2, -0.15) is 5.26 Å². The standard InChI is InChI=1S/C13H7ClFN3O2/c14-11-3-1-10(6-12(11)15)17-9-2-4-13(18(19)20)8(5-9)7-16/h1-6,17H. The molecule has 0 fully saturated rings. The number of nitro groups is 1. The average molecular weight is 292 g/mol. The minimum Gasteiger partial charge on any atom is -0.355 e. The number of hydrogen-bond donors (Lipinski definition) is 1. The van der Waals surface area contributed by atoms with Gasteiger partial charge in [0.25, 0.3) is 5.69 Å². The Morgan fingerprint density at radius 2 is 1.90 bits per heavy atom. The molecular weight excluding hydrogens is 285 g/mol. The number of hydrogen-bond acceptors (Lipinski definition) is 4. The van der Waals surface area contributed by atoms with Gasteiger partial charge in [-0.15, -0.1) is 0 Å². The lowest BCUT2D eigenvalue weighted by Crippen LogP contribution is -1.96. The zero-order valence-corrected chi connectivity index (χ0v) is 10.7. The zero-order valence-electron chi connectivity index (χ0n) is 9.93. The van der Waals surface area contributed by atoms with E-state index in [2.05, 4.69) is 5.32 Å². The molecule has 0 aliphatic rings. The van der Waals surface area contributed by atoms with Crippen molar-refractivity contribution >= 4 is 28.7 Å². The summed E-state index contributed by atoms with van der Waals surface area (Å²) in [7, 11) is 0. The lowest BCUT2D eigenvalue weighted by Gasteiger charge is -2.07. The highest BCUT2D eigenvalue weighted by atomic mass is 35.5. The second-order valence-electron chi connectivity index (χ2n) is 3.85. The molecule has 0 spiro atoms. The second kappa shape index (κ2) is 5.55. The molecule has 2 aromatic carbocycles. The lowest BCUT2D eigenvalue weighted by atomic mass is 10.1. The first-order valence-electron chi connectivity index (χ1n) is 5.42. The van der Waals surface area contributed by atoms with Crippen LogP contribution < -0.4 is 5.32 Å². The van der Waals surface area contributed by atoms with E-state index in [1.807, 2.05) is 0 Å². The topological polar surface area (TPSA) is 79.0 Å². The first-order valence-corrected chi connectivity index (χ1v) is 5.79. The van der Waals surface area contributed by atoms with Crippen LogP contribution in [-0.2, 0) is 0 Å².